The van der Waals surface area contributed by atoms with Crippen LogP contribution in [-0.2, 0) is 6.42 Å². The van der Waals surface area contributed by atoms with Gasteiger partial charge < -0.3 is 10.4 Å². The number of nitrogens with one attached hydrogen (secondary N) is 1. The molecule has 1 aliphatic rings. The third-order valence-electron chi connectivity index (χ3n) is 3.57. The van der Waals surface area contributed by atoms with E-state index in [0.717, 1.165) is 19.4 Å². The summed E-state index contributed by atoms with van der Waals surface area (Å²) in [4.78, 5) is 0. The number of hydrogen-bond acceptors (Lipinski definition) is 2. The molecule has 1 aliphatic heterocycles. The lowest BCUT2D eigenvalue weighted by atomic mass is 9.86. The van der Waals surface area contributed by atoms with Crippen LogP contribution in [0.1, 0.15) is 36.8 Å². The van der Waals surface area contributed by atoms with Crippen LogP contribution in [-0.4, -0.2) is 24.3 Å². The van der Waals surface area contributed by atoms with Gasteiger partial charge in [0.1, 0.15) is 0 Å². The molecule has 0 amide bonds. The van der Waals surface area contributed by atoms with Crippen LogP contribution in [0.2, 0.25) is 0 Å². The molecule has 0 aromatic heterocycles. The lowest BCUT2D eigenvalue weighted by molar-refractivity contribution is 0.210. The quantitative estimate of drug-likeness (QED) is 0.815. The van der Waals surface area contributed by atoms with Crippen molar-refractivity contribution in [3.8, 4) is 0 Å². The van der Waals surface area contributed by atoms with Crippen LogP contribution < -0.4 is 5.32 Å². The number of benzene rings is 1. The number of piperidine rings is 1. The maximum absolute atomic E-state index is 9.18. The van der Waals surface area contributed by atoms with Crippen molar-refractivity contribution < 1.29 is 5.11 Å². The second kappa shape index (κ2) is 5.46. The molecule has 2 heteroatoms. The zero-order valence-electron chi connectivity index (χ0n) is 9.95. The molecular formula is C14H21NO. The summed E-state index contributed by atoms with van der Waals surface area (Å²) in [5, 5.41) is 12.5. The zero-order chi connectivity index (χ0) is 11.4. The molecule has 1 fully saturated rings. The highest BCUT2D eigenvalue weighted by Gasteiger charge is 2.21. The lowest BCUT2D eigenvalue weighted by Gasteiger charge is -2.29. The van der Waals surface area contributed by atoms with Crippen molar-refractivity contribution in [1.29, 1.82) is 0 Å². The first kappa shape index (κ1) is 11.6. The van der Waals surface area contributed by atoms with E-state index in [0.29, 0.717) is 5.92 Å². The third kappa shape index (κ3) is 2.63. The summed E-state index contributed by atoms with van der Waals surface area (Å²) >= 11 is 0. The molecule has 2 N–H and O–H groups in total. The number of aryl methyl sites for hydroxylation is 1. The highest BCUT2D eigenvalue weighted by molar-refractivity contribution is 5.26. The van der Waals surface area contributed by atoms with E-state index in [4.69, 9.17) is 0 Å². The van der Waals surface area contributed by atoms with Gasteiger partial charge in [0.15, 0.2) is 0 Å². The maximum Gasteiger partial charge on any atom is 0.0584 e. The van der Waals surface area contributed by atoms with E-state index >= 15 is 0 Å². The largest absolute Gasteiger partial charge is 0.395 e. The van der Waals surface area contributed by atoms with Crippen molar-refractivity contribution in [2.24, 2.45) is 0 Å². The van der Waals surface area contributed by atoms with Crippen molar-refractivity contribution in [2.45, 2.75) is 38.1 Å². The van der Waals surface area contributed by atoms with Gasteiger partial charge in [0, 0.05) is 6.04 Å². The van der Waals surface area contributed by atoms with Gasteiger partial charge in [-0.2, -0.15) is 0 Å². The molecule has 1 heterocycles. The van der Waals surface area contributed by atoms with E-state index in [1.165, 1.54) is 17.5 Å². The second-order valence-electron chi connectivity index (χ2n) is 4.65. The van der Waals surface area contributed by atoms with Crippen LogP contribution in [0.15, 0.2) is 24.3 Å². The predicted octanol–water partition coefficient (Wildman–Crippen LogP) is 2.08. The molecule has 0 radical (unpaired) electrons. The van der Waals surface area contributed by atoms with Crippen LogP contribution in [0.3, 0.4) is 0 Å². The van der Waals surface area contributed by atoms with Gasteiger partial charge in [0.05, 0.1) is 6.61 Å². The number of hydrogen-bond donors (Lipinski definition) is 2. The Balaban J connectivity index is 2.05. The Hall–Kier alpha value is -0.860. The van der Waals surface area contributed by atoms with E-state index < -0.39 is 0 Å². The Morgan fingerprint density at radius 2 is 2.06 bits per heavy atom. The van der Waals surface area contributed by atoms with Crippen LogP contribution in [0, 0.1) is 0 Å². The Labute approximate surface area is 97.7 Å². The normalized spacial score (nSPS) is 25.6. The number of rotatable bonds is 3. The molecular weight excluding hydrogens is 198 g/mol. The fourth-order valence-electron chi connectivity index (χ4n) is 2.47. The Bertz CT molecular complexity index is 320. The van der Waals surface area contributed by atoms with Gasteiger partial charge in [-0.25, -0.2) is 0 Å². The summed E-state index contributed by atoms with van der Waals surface area (Å²) in [6, 6.07) is 9.24. The van der Waals surface area contributed by atoms with Crippen molar-refractivity contribution in [3.63, 3.8) is 0 Å². The van der Waals surface area contributed by atoms with E-state index in [-0.39, 0.29) is 12.6 Å². The zero-order valence-corrected chi connectivity index (χ0v) is 9.95. The highest BCUT2D eigenvalue weighted by Crippen LogP contribution is 2.27. The molecule has 0 bridgehead atoms. The van der Waals surface area contributed by atoms with Gasteiger partial charge >= 0.3 is 0 Å². The average Bonchev–Trinajstić information content (AvgIpc) is 2.39. The van der Waals surface area contributed by atoms with E-state index in [1.807, 2.05) is 0 Å². The number of aliphatic hydroxyl groups is 1. The molecule has 2 rings (SSSR count). The summed E-state index contributed by atoms with van der Waals surface area (Å²) in [5.74, 6) is 0.615. The highest BCUT2D eigenvalue weighted by atomic mass is 16.3. The molecule has 0 spiro atoms. The summed E-state index contributed by atoms with van der Waals surface area (Å²) < 4.78 is 0. The fourth-order valence-corrected chi connectivity index (χ4v) is 2.47. The Morgan fingerprint density at radius 3 is 2.69 bits per heavy atom. The molecule has 0 saturated carbocycles. The molecule has 88 valence electrons. The molecule has 1 aromatic rings. The Kier molecular flexibility index (Phi) is 3.97. The average molecular weight is 219 g/mol. The fraction of sp³-hybridized carbons (Fsp3) is 0.571. The molecule has 1 saturated heterocycles. The first-order valence-corrected chi connectivity index (χ1v) is 6.26. The molecule has 2 nitrogen and oxygen atoms in total. The Morgan fingerprint density at radius 1 is 1.31 bits per heavy atom. The predicted molar refractivity (Wildman–Crippen MR) is 66.7 cm³/mol. The lowest BCUT2D eigenvalue weighted by Crippen LogP contribution is -2.39. The smallest absolute Gasteiger partial charge is 0.0584 e. The first-order chi connectivity index (χ1) is 7.83. The first-order valence-electron chi connectivity index (χ1n) is 6.26. The SMILES string of the molecule is CCc1ccc(C2CCNC(CO)C2)cc1. The van der Waals surface area contributed by atoms with Crippen LogP contribution in [0.25, 0.3) is 0 Å². The minimum atomic E-state index is 0.254. The topological polar surface area (TPSA) is 32.3 Å². The van der Waals surface area contributed by atoms with Gasteiger partial charge in [-0.3, -0.25) is 0 Å². The third-order valence-corrected chi connectivity index (χ3v) is 3.57. The van der Waals surface area contributed by atoms with Crippen LogP contribution in [0.5, 0.6) is 0 Å². The minimum Gasteiger partial charge on any atom is -0.395 e. The van der Waals surface area contributed by atoms with Crippen LogP contribution in [0.4, 0.5) is 0 Å². The standard InChI is InChI=1S/C14H21NO/c1-2-11-3-5-12(6-4-11)13-7-8-15-14(9-13)10-16/h3-6,13-16H,2,7-10H2,1H3. The molecule has 2 atom stereocenters. The molecule has 2 unspecified atom stereocenters. The second-order valence-corrected chi connectivity index (χ2v) is 4.65. The number of aliphatic hydroxyl groups excluding tert-OH is 1. The van der Waals surface area contributed by atoms with Crippen molar-refractivity contribution in [1.82, 2.24) is 5.32 Å². The summed E-state index contributed by atoms with van der Waals surface area (Å²) in [7, 11) is 0. The summed E-state index contributed by atoms with van der Waals surface area (Å²) in [5.41, 5.74) is 2.83. The monoisotopic (exact) mass is 219 g/mol. The molecule has 16 heavy (non-hydrogen) atoms. The molecule has 1 aromatic carbocycles. The maximum atomic E-state index is 9.18. The minimum absolute atomic E-state index is 0.254. The van der Waals surface area contributed by atoms with Gasteiger partial charge in [-0.05, 0) is 42.9 Å². The summed E-state index contributed by atoms with van der Waals surface area (Å²) in [6.07, 6.45) is 3.34. The summed E-state index contributed by atoms with van der Waals surface area (Å²) in [6.45, 7) is 3.45. The van der Waals surface area contributed by atoms with Gasteiger partial charge in [-0.1, -0.05) is 31.2 Å². The van der Waals surface area contributed by atoms with Crippen molar-refractivity contribution in [2.75, 3.05) is 13.2 Å². The van der Waals surface area contributed by atoms with Crippen LogP contribution >= 0.6 is 0 Å². The van der Waals surface area contributed by atoms with E-state index in [9.17, 15) is 5.11 Å². The van der Waals surface area contributed by atoms with Crippen molar-refractivity contribution >= 4 is 0 Å². The van der Waals surface area contributed by atoms with Gasteiger partial charge in [0.2, 0.25) is 0 Å². The van der Waals surface area contributed by atoms with Gasteiger partial charge in [0.25, 0.3) is 0 Å². The van der Waals surface area contributed by atoms with E-state index in [2.05, 4.69) is 36.5 Å². The molecule has 0 aliphatic carbocycles. The van der Waals surface area contributed by atoms with Crippen molar-refractivity contribution in [3.05, 3.63) is 35.4 Å². The van der Waals surface area contributed by atoms with Gasteiger partial charge in [-0.15, -0.1) is 0 Å². The van der Waals surface area contributed by atoms with E-state index in [1.54, 1.807) is 0 Å².